The number of nitrogens with zero attached hydrogens (tertiary/aromatic N) is 1. The zero-order chi connectivity index (χ0) is 28.0. The highest BCUT2D eigenvalue weighted by Gasteiger charge is 2.23. The molecule has 1 atom stereocenters. The Morgan fingerprint density at radius 1 is 1.42 bits per heavy atom. The molecule has 0 radical (unpaired) electrons. The number of rotatable bonds is 7. The van der Waals surface area contributed by atoms with Crippen molar-refractivity contribution in [1.29, 1.82) is 0 Å². The van der Waals surface area contributed by atoms with Gasteiger partial charge in [-0.25, -0.2) is 9.18 Å². The first-order chi connectivity index (χ1) is 17.0. The number of hydrogen-bond acceptors (Lipinski definition) is 4. The summed E-state index contributed by atoms with van der Waals surface area (Å²) >= 11 is 5.82. The summed E-state index contributed by atoms with van der Waals surface area (Å²) in [6, 6.07) is 2.73. The largest absolute Gasteiger partial charge is 0.496 e. The molecule has 3 aromatic rings. The molecule has 0 fully saturated rings. The van der Waals surface area contributed by atoms with Crippen molar-refractivity contribution < 1.29 is 32.4 Å². The third-order valence-electron chi connectivity index (χ3n) is 4.90. The molecule has 0 saturated carbocycles. The lowest BCUT2D eigenvalue weighted by atomic mass is 9.98. The zero-order valence-electron chi connectivity index (χ0n) is 22.6. The second kappa shape index (κ2) is 9.08. The molecule has 1 aromatic heterocycles. The van der Waals surface area contributed by atoms with E-state index in [2.05, 4.69) is 0 Å². The molecule has 0 aliphatic rings. The number of aromatic carboxylic acids is 1. The molecule has 0 amide bonds. The number of hydrogen-bond donors (Lipinski definition) is 2. The number of carboxylic acids is 1. The number of fused-ring (bicyclic) bond motifs is 1. The van der Waals surface area contributed by atoms with Crippen molar-refractivity contribution in [3.8, 4) is 5.75 Å². The summed E-state index contributed by atoms with van der Waals surface area (Å²) in [5, 5.41) is 18.8. The number of carboxylic acid groups (broad SMARTS) is 1. The molecule has 0 spiro atoms. The average Bonchev–Trinajstić information content (AvgIpc) is 2.77. The van der Waals surface area contributed by atoms with Gasteiger partial charge in [-0.1, -0.05) is 37.6 Å². The number of methoxy groups -OCH3 is 1. The van der Waals surface area contributed by atoms with Crippen molar-refractivity contribution >= 4 is 28.5 Å². The molecule has 0 bridgehead atoms. The lowest BCUT2D eigenvalue weighted by Crippen LogP contribution is -2.25. The Labute approximate surface area is 191 Å². The quantitative estimate of drug-likeness (QED) is 0.557. The molecular weight excluding hydrogens is 425 g/mol. The van der Waals surface area contributed by atoms with Crippen LogP contribution in [0.25, 0.3) is 10.9 Å². The molecule has 31 heavy (non-hydrogen) atoms. The Hall–Kier alpha value is -2.90. The van der Waals surface area contributed by atoms with Gasteiger partial charge in [0.2, 0.25) is 5.43 Å². The highest BCUT2D eigenvalue weighted by molar-refractivity contribution is 6.30. The number of pyridine rings is 1. The van der Waals surface area contributed by atoms with E-state index in [9.17, 15) is 24.2 Å². The second-order valence-electron chi connectivity index (χ2n) is 7.18. The van der Waals surface area contributed by atoms with E-state index in [0.29, 0.717) is 0 Å². The highest BCUT2D eigenvalue weighted by Crippen LogP contribution is 2.31. The van der Waals surface area contributed by atoms with Crippen LogP contribution in [0.5, 0.6) is 5.75 Å². The highest BCUT2D eigenvalue weighted by atomic mass is 35.5. The fraction of sp³-hybridized carbons (Fsp3) is 0.304. The first kappa shape index (κ1) is 15.8. The minimum absolute atomic E-state index is 0.284. The molecule has 0 unspecified atom stereocenters. The van der Waals surface area contributed by atoms with E-state index in [1.54, 1.807) is 13.8 Å². The van der Waals surface area contributed by atoms with Gasteiger partial charge in [0, 0.05) is 26.7 Å². The maximum Gasteiger partial charge on any atom is 0.341 e. The summed E-state index contributed by atoms with van der Waals surface area (Å²) in [4.78, 5) is 25.0. The zero-order valence-corrected chi connectivity index (χ0v) is 17.3. The van der Waals surface area contributed by atoms with Gasteiger partial charge in [0.15, 0.2) is 0 Å². The summed E-state index contributed by atoms with van der Waals surface area (Å²) in [7, 11) is -3.18. The number of ether oxygens (including phenoxy) is 1. The molecule has 6 nitrogen and oxygen atoms in total. The van der Waals surface area contributed by atoms with Crippen LogP contribution in [0, 0.1) is 11.7 Å². The van der Waals surface area contributed by atoms with Gasteiger partial charge < -0.3 is 19.5 Å². The number of benzene rings is 2. The number of aliphatic hydroxyl groups is 1. The molecule has 3 rings (SSSR count). The first-order valence-electron chi connectivity index (χ1n) is 12.2. The van der Waals surface area contributed by atoms with Crippen LogP contribution in [-0.4, -0.2) is 34.4 Å². The van der Waals surface area contributed by atoms with Crippen LogP contribution < -0.4 is 10.2 Å². The number of halogens is 2. The summed E-state index contributed by atoms with van der Waals surface area (Å²) in [5.41, 5.74) is -3.42. The van der Waals surface area contributed by atoms with Gasteiger partial charge in [0.05, 0.1) is 35.7 Å². The molecule has 0 saturated heterocycles. The van der Waals surface area contributed by atoms with Crippen LogP contribution in [0.15, 0.2) is 41.3 Å². The van der Waals surface area contributed by atoms with Crippen LogP contribution >= 0.6 is 11.6 Å². The van der Waals surface area contributed by atoms with E-state index in [4.69, 9.17) is 24.6 Å². The first-order valence-corrected chi connectivity index (χ1v) is 9.61. The van der Waals surface area contributed by atoms with Gasteiger partial charge in [-0.05, 0) is 29.2 Å². The standard InChI is InChI=1S/C23H23ClFNO5/c1-12(2)19(11-27)26-10-16(23(29)30)22(28)15-8-14(20(31-3)9-18(15)26)7-13-5-4-6-17(24)21(13)25/h4-6,8-10,12,19,27H,7,11H2,1-3H3,(H,29,30)/t19-/m1/s1/i3D3,7D2,9D. The van der Waals surface area contributed by atoms with Crippen molar-refractivity contribution in [3.63, 3.8) is 0 Å². The number of aromatic nitrogens is 1. The minimum atomic E-state index is -3.18. The van der Waals surface area contributed by atoms with E-state index in [1.807, 2.05) is 0 Å². The normalized spacial score (nSPS) is 16.1. The van der Waals surface area contributed by atoms with Gasteiger partial charge in [-0.3, -0.25) is 4.79 Å². The van der Waals surface area contributed by atoms with E-state index >= 15 is 0 Å². The van der Waals surface area contributed by atoms with Crippen molar-refractivity contribution in [2.24, 2.45) is 5.92 Å². The van der Waals surface area contributed by atoms with Gasteiger partial charge in [-0.2, -0.15) is 0 Å². The Balaban J connectivity index is 2.59. The maximum atomic E-state index is 14.9. The van der Waals surface area contributed by atoms with E-state index in [-0.39, 0.29) is 11.4 Å². The van der Waals surface area contributed by atoms with Crippen molar-refractivity contribution in [3.05, 3.63) is 74.3 Å². The van der Waals surface area contributed by atoms with Crippen LogP contribution in [-0.2, 0) is 6.37 Å². The predicted octanol–water partition coefficient (Wildman–Crippen LogP) is 4.28. The monoisotopic (exact) mass is 453 g/mol. The van der Waals surface area contributed by atoms with Crippen molar-refractivity contribution in [1.82, 2.24) is 4.57 Å². The molecule has 1 heterocycles. The smallest absolute Gasteiger partial charge is 0.341 e. The lowest BCUT2D eigenvalue weighted by Gasteiger charge is -2.25. The van der Waals surface area contributed by atoms with Gasteiger partial charge >= 0.3 is 5.97 Å². The van der Waals surface area contributed by atoms with Crippen LogP contribution in [0.4, 0.5) is 4.39 Å². The van der Waals surface area contributed by atoms with Crippen LogP contribution in [0.3, 0.4) is 0 Å². The maximum absolute atomic E-state index is 14.9. The fourth-order valence-electron chi connectivity index (χ4n) is 3.26. The third-order valence-corrected chi connectivity index (χ3v) is 5.20. The van der Waals surface area contributed by atoms with E-state index in [1.165, 1.54) is 16.7 Å². The second-order valence-corrected chi connectivity index (χ2v) is 7.59. The summed E-state index contributed by atoms with van der Waals surface area (Å²) in [6.45, 7) is 2.87. The molecule has 2 N–H and O–H groups in total. The Morgan fingerprint density at radius 2 is 2.16 bits per heavy atom. The fourth-order valence-corrected chi connectivity index (χ4v) is 3.43. The van der Waals surface area contributed by atoms with Gasteiger partial charge in [-0.15, -0.1) is 0 Å². The van der Waals surface area contributed by atoms with Crippen molar-refractivity contribution in [2.45, 2.75) is 26.3 Å². The third kappa shape index (κ3) is 4.29. The molecule has 164 valence electrons. The predicted molar refractivity (Wildman–Crippen MR) is 117 cm³/mol. The van der Waals surface area contributed by atoms with Crippen LogP contribution in [0.2, 0.25) is 5.02 Å². The number of aliphatic hydroxyl groups excluding tert-OH is 1. The SMILES string of the molecule is [2H]c1c(OC([2H])([2H])[2H])c(C([2H])([2H])c2cccc(Cl)c2F)cc2c(=O)c(C(=O)O)cn([C@H](CO)C(C)C)c12. The van der Waals surface area contributed by atoms with Gasteiger partial charge in [0.25, 0.3) is 0 Å². The molecule has 8 heteroatoms. The van der Waals surface area contributed by atoms with Crippen molar-refractivity contribution in [2.75, 3.05) is 13.6 Å². The summed E-state index contributed by atoms with van der Waals surface area (Å²) < 4.78 is 69.8. The molecule has 2 aromatic carbocycles. The Morgan fingerprint density at radius 3 is 2.77 bits per heavy atom. The lowest BCUT2D eigenvalue weighted by molar-refractivity contribution is 0.0694. The van der Waals surface area contributed by atoms with E-state index < -0.39 is 82.2 Å². The molecule has 0 aliphatic heterocycles. The topological polar surface area (TPSA) is 88.8 Å². The molecule has 0 aliphatic carbocycles. The van der Waals surface area contributed by atoms with Crippen LogP contribution in [0.1, 0.15) is 49.6 Å². The summed E-state index contributed by atoms with van der Waals surface area (Å²) in [5.74, 6) is -3.91. The number of carbonyl (C=O) groups is 1. The van der Waals surface area contributed by atoms with E-state index in [0.717, 1.165) is 18.3 Å². The van der Waals surface area contributed by atoms with Gasteiger partial charge in [0.1, 0.15) is 17.1 Å². The average molecular weight is 454 g/mol. The molecular formula is C23H23ClFNO5. The Bertz CT molecular complexity index is 1440. The Kier molecular flexibility index (Phi) is 4.64. The summed E-state index contributed by atoms with van der Waals surface area (Å²) in [6.07, 6.45) is -1.94. The minimum Gasteiger partial charge on any atom is -0.496 e.